The predicted molar refractivity (Wildman–Crippen MR) is 95.7 cm³/mol. The number of para-hydroxylation sites is 1. The summed E-state index contributed by atoms with van der Waals surface area (Å²) in [6.07, 6.45) is 8.07. The minimum Gasteiger partial charge on any atom is -0.370 e. The highest BCUT2D eigenvalue weighted by Crippen LogP contribution is 2.39. The maximum atomic E-state index is 14.4. The van der Waals surface area contributed by atoms with E-state index in [1.54, 1.807) is 6.07 Å². The van der Waals surface area contributed by atoms with E-state index in [4.69, 9.17) is 5.73 Å². The Hall–Kier alpha value is -1.62. The van der Waals surface area contributed by atoms with Gasteiger partial charge in [0.25, 0.3) is 0 Å². The Morgan fingerprint density at radius 2 is 1.88 bits per heavy atom. The molecule has 1 aliphatic heterocycles. The largest absolute Gasteiger partial charge is 0.370 e. The van der Waals surface area contributed by atoms with Crippen molar-refractivity contribution in [2.45, 2.75) is 51.4 Å². The Kier molecular flexibility index (Phi) is 5.39. The van der Waals surface area contributed by atoms with Gasteiger partial charge in [-0.2, -0.15) is 0 Å². The van der Waals surface area contributed by atoms with E-state index in [9.17, 15) is 9.18 Å². The van der Waals surface area contributed by atoms with Gasteiger partial charge in [-0.15, -0.1) is 0 Å². The summed E-state index contributed by atoms with van der Waals surface area (Å²) in [6, 6.07) is 5.01. The molecule has 0 aromatic heterocycles. The average molecular weight is 333 g/mol. The summed E-state index contributed by atoms with van der Waals surface area (Å²) >= 11 is 0. The van der Waals surface area contributed by atoms with Gasteiger partial charge < -0.3 is 16.0 Å². The highest BCUT2D eigenvalue weighted by atomic mass is 19.1. The number of hydrogen-bond donors (Lipinski definition) is 2. The van der Waals surface area contributed by atoms with Crippen LogP contribution in [0.1, 0.15) is 51.4 Å². The number of nitrogens with two attached hydrogens (primary N) is 1. The third-order valence-electron chi connectivity index (χ3n) is 5.59. The molecule has 1 aromatic rings. The molecule has 1 saturated heterocycles. The van der Waals surface area contributed by atoms with Crippen LogP contribution in [-0.2, 0) is 4.79 Å². The van der Waals surface area contributed by atoms with Crippen molar-refractivity contribution in [3.63, 3.8) is 0 Å². The molecule has 3 N–H and O–H groups in total. The van der Waals surface area contributed by atoms with E-state index in [2.05, 4.69) is 10.2 Å². The van der Waals surface area contributed by atoms with E-state index in [0.717, 1.165) is 57.3 Å². The Morgan fingerprint density at radius 3 is 2.54 bits per heavy atom. The van der Waals surface area contributed by atoms with Gasteiger partial charge in [-0.25, -0.2) is 4.39 Å². The van der Waals surface area contributed by atoms with Crippen LogP contribution in [0.15, 0.2) is 18.2 Å². The molecule has 0 radical (unpaired) electrons. The first-order valence-electron chi connectivity index (χ1n) is 9.17. The zero-order valence-electron chi connectivity index (χ0n) is 14.3. The summed E-state index contributed by atoms with van der Waals surface area (Å²) in [5, 5.41) is 2.85. The van der Waals surface area contributed by atoms with Crippen molar-refractivity contribution in [2.75, 3.05) is 29.9 Å². The van der Waals surface area contributed by atoms with E-state index < -0.39 is 0 Å². The van der Waals surface area contributed by atoms with Gasteiger partial charge in [-0.3, -0.25) is 4.79 Å². The van der Waals surface area contributed by atoms with Gasteiger partial charge in [0.15, 0.2) is 0 Å². The smallest absolute Gasteiger partial charge is 0.225 e. The lowest BCUT2D eigenvalue weighted by atomic mass is 9.71. The number of carbonyl (C=O) groups excluding carboxylic acids is 1. The summed E-state index contributed by atoms with van der Waals surface area (Å²) in [5.41, 5.74) is 6.99. The number of nitrogens with one attached hydrogen (secondary N) is 1. The predicted octanol–water partition coefficient (Wildman–Crippen LogP) is 3.66. The maximum absolute atomic E-state index is 14.4. The Balaban J connectivity index is 1.74. The normalized spacial score (nSPS) is 20.2. The molecule has 0 atom stereocenters. The maximum Gasteiger partial charge on any atom is 0.225 e. The molecule has 24 heavy (non-hydrogen) atoms. The molecule has 1 aromatic carbocycles. The molecule has 2 aliphatic rings. The third-order valence-corrected chi connectivity index (χ3v) is 5.59. The second-order valence-corrected chi connectivity index (χ2v) is 7.32. The summed E-state index contributed by atoms with van der Waals surface area (Å²) in [5.74, 6) is -0.480. The highest BCUT2D eigenvalue weighted by molar-refractivity contribution is 5.95. The molecule has 4 nitrogen and oxygen atoms in total. The van der Waals surface area contributed by atoms with Crippen LogP contribution in [-0.4, -0.2) is 25.5 Å². The number of halogens is 1. The molecular weight excluding hydrogens is 305 g/mol. The van der Waals surface area contributed by atoms with Gasteiger partial charge in [-0.1, -0.05) is 25.3 Å². The second kappa shape index (κ2) is 7.51. The quantitative estimate of drug-likeness (QED) is 0.864. The van der Waals surface area contributed by atoms with Crippen molar-refractivity contribution >= 4 is 17.3 Å². The Bertz CT molecular complexity index is 578. The summed E-state index contributed by atoms with van der Waals surface area (Å²) in [6.45, 7) is 2.36. The van der Waals surface area contributed by atoms with Crippen LogP contribution in [0.5, 0.6) is 0 Å². The highest BCUT2D eigenvalue weighted by Gasteiger charge is 2.33. The van der Waals surface area contributed by atoms with Crippen LogP contribution in [0.4, 0.5) is 15.8 Å². The van der Waals surface area contributed by atoms with Gasteiger partial charge in [0, 0.05) is 19.5 Å². The molecule has 0 spiro atoms. The van der Waals surface area contributed by atoms with Gasteiger partial charge in [-0.05, 0) is 49.8 Å². The summed E-state index contributed by atoms with van der Waals surface area (Å²) in [7, 11) is 0. The number of benzene rings is 1. The van der Waals surface area contributed by atoms with Crippen molar-refractivity contribution in [3.8, 4) is 0 Å². The standard InChI is InChI=1S/C19H28FN3O/c20-15-7-6-8-16(23-11-4-5-12-23)18(15)22-17(24)13-19(14-21)9-2-1-3-10-19/h6-8H,1-5,9-14,21H2,(H,22,24). The van der Waals surface area contributed by atoms with E-state index in [0.29, 0.717) is 18.7 Å². The summed E-state index contributed by atoms with van der Waals surface area (Å²) < 4.78 is 14.4. The topological polar surface area (TPSA) is 58.4 Å². The van der Waals surface area contributed by atoms with Crippen molar-refractivity contribution in [1.82, 2.24) is 0 Å². The first-order valence-corrected chi connectivity index (χ1v) is 9.17. The molecule has 0 bridgehead atoms. The molecular formula is C19H28FN3O. The van der Waals surface area contributed by atoms with Gasteiger partial charge >= 0.3 is 0 Å². The number of rotatable bonds is 5. The molecule has 5 heteroatoms. The van der Waals surface area contributed by atoms with Gasteiger partial charge in [0.1, 0.15) is 11.5 Å². The van der Waals surface area contributed by atoms with Crippen LogP contribution >= 0.6 is 0 Å². The minimum absolute atomic E-state index is 0.110. The lowest BCUT2D eigenvalue weighted by Gasteiger charge is -2.35. The van der Waals surface area contributed by atoms with E-state index >= 15 is 0 Å². The zero-order valence-corrected chi connectivity index (χ0v) is 14.3. The van der Waals surface area contributed by atoms with Gasteiger partial charge in [0.05, 0.1) is 5.69 Å². The minimum atomic E-state index is -0.363. The second-order valence-electron chi connectivity index (χ2n) is 7.32. The summed E-state index contributed by atoms with van der Waals surface area (Å²) in [4.78, 5) is 14.8. The van der Waals surface area contributed by atoms with Crippen molar-refractivity contribution in [3.05, 3.63) is 24.0 Å². The van der Waals surface area contributed by atoms with E-state index in [1.807, 2.05) is 6.07 Å². The first kappa shape index (κ1) is 17.2. The van der Waals surface area contributed by atoms with E-state index in [-0.39, 0.29) is 17.1 Å². The number of anilines is 2. The van der Waals surface area contributed by atoms with E-state index in [1.165, 1.54) is 12.5 Å². The first-order chi connectivity index (χ1) is 11.6. The number of amides is 1. The van der Waals surface area contributed by atoms with Crippen LogP contribution < -0.4 is 16.0 Å². The third kappa shape index (κ3) is 3.72. The monoisotopic (exact) mass is 333 g/mol. The van der Waals surface area contributed by atoms with Crippen LogP contribution in [0.25, 0.3) is 0 Å². The number of hydrogen-bond acceptors (Lipinski definition) is 3. The molecule has 3 rings (SSSR count). The molecule has 132 valence electrons. The van der Waals surface area contributed by atoms with Gasteiger partial charge in [0.2, 0.25) is 5.91 Å². The average Bonchev–Trinajstić information content (AvgIpc) is 3.12. The zero-order chi connectivity index (χ0) is 17.0. The lowest BCUT2D eigenvalue weighted by molar-refractivity contribution is -0.118. The fourth-order valence-corrected chi connectivity index (χ4v) is 4.14. The number of nitrogens with zero attached hydrogens (tertiary/aromatic N) is 1. The van der Waals surface area contributed by atoms with Crippen LogP contribution in [0, 0.1) is 11.2 Å². The molecule has 0 unspecified atom stereocenters. The molecule has 1 aliphatic carbocycles. The SMILES string of the molecule is NCC1(CC(=O)Nc2c(F)cccc2N2CCCC2)CCCCC1. The molecule has 1 heterocycles. The van der Waals surface area contributed by atoms with Crippen LogP contribution in [0.2, 0.25) is 0 Å². The Labute approximate surface area is 143 Å². The number of carbonyl (C=O) groups is 1. The molecule has 2 fully saturated rings. The molecule has 1 saturated carbocycles. The van der Waals surface area contributed by atoms with Crippen molar-refractivity contribution in [2.24, 2.45) is 11.1 Å². The van der Waals surface area contributed by atoms with Crippen molar-refractivity contribution in [1.29, 1.82) is 0 Å². The van der Waals surface area contributed by atoms with Crippen molar-refractivity contribution < 1.29 is 9.18 Å². The fourth-order valence-electron chi connectivity index (χ4n) is 4.14. The lowest BCUT2D eigenvalue weighted by Crippen LogP contribution is -2.36. The molecule has 1 amide bonds. The van der Waals surface area contributed by atoms with Crippen LogP contribution in [0.3, 0.4) is 0 Å². The fraction of sp³-hybridized carbons (Fsp3) is 0.632. The Morgan fingerprint density at radius 1 is 1.17 bits per heavy atom.